The number of aromatic nitrogens is 2. The SMILES string of the molecule is Cc1cc(NC(=O)CCc2ccc3c(c2)OCO3)n(-c2cccc(C(F)(F)F)c2)n1. The Bertz CT molecular complexity index is 1090. The van der Waals surface area contributed by atoms with Crippen molar-refractivity contribution in [2.75, 3.05) is 12.1 Å². The molecular weight excluding hydrogens is 399 g/mol. The van der Waals surface area contributed by atoms with Crippen LogP contribution in [-0.2, 0) is 17.4 Å². The third-order valence-corrected chi connectivity index (χ3v) is 4.59. The van der Waals surface area contributed by atoms with Crippen LogP contribution in [0.3, 0.4) is 0 Å². The summed E-state index contributed by atoms with van der Waals surface area (Å²) in [5.74, 6) is 1.35. The molecule has 0 bridgehead atoms. The average Bonchev–Trinajstić information content (AvgIpc) is 3.31. The largest absolute Gasteiger partial charge is 0.454 e. The number of aryl methyl sites for hydroxylation is 2. The Morgan fingerprint density at radius 3 is 2.73 bits per heavy atom. The molecule has 0 radical (unpaired) electrons. The highest BCUT2D eigenvalue weighted by molar-refractivity contribution is 5.90. The Kier molecular flexibility index (Phi) is 5.11. The van der Waals surface area contributed by atoms with E-state index >= 15 is 0 Å². The molecule has 0 fully saturated rings. The Morgan fingerprint density at radius 1 is 1.13 bits per heavy atom. The number of fused-ring (bicyclic) bond motifs is 1. The van der Waals surface area contributed by atoms with Crippen molar-refractivity contribution in [2.45, 2.75) is 25.9 Å². The van der Waals surface area contributed by atoms with Crippen LogP contribution in [0.2, 0.25) is 0 Å². The molecule has 0 atom stereocenters. The van der Waals surface area contributed by atoms with Gasteiger partial charge in [0.15, 0.2) is 11.5 Å². The van der Waals surface area contributed by atoms with Crippen LogP contribution < -0.4 is 14.8 Å². The predicted octanol–water partition coefficient (Wildman–Crippen LogP) is 4.50. The van der Waals surface area contributed by atoms with Crippen molar-refractivity contribution in [3.05, 3.63) is 65.4 Å². The maximum Gasteiger partial charge on any atom is 0.416 e. The van der Waals surface area contributed by atoms with Crippen molar-refractivity contribution < 1.29 is 27.4 Å². The van der Waals surface area contributed by atoms with Gasteiger partial charge in [-0.2, -0.15) is 18.3 Å². The fraction of sp³-hybridized carbons (Fsp3) is 0.238. The number of nitrogens with zero attached hydrogens (tertiary/aromatic N) is 2. The van der Waals surface area contributed by atoms with Gasteiger partial charge < -0.3 is 14.8 Å². The molecule has 0 saturated carbocycles. The van der Waals surface area contributed by atoms with Gasteiger partial charge in [-0.3, -0.25) is 4.79 Å². The standard InChI is InChI=1S/C21H18F3N3O3/c1-13-9-19(27(26-13)16-4-2-3-15(11-16)21(22,23)24)25-20(28)8-6-14-5-7-17-18(10-14)30-12-29-17/h2-5,7,9-11H,6,8,12H2,1H3,(H,25,28). The maximum atomic E-state index is 13.0. The third-order valence-electron chi connectivity index (χ3n) is 4.59. The number of nitrogens with one attached hydrogen (secondary N) is 1. The number of benzene rings is 2. The van der Waals surface area contributed by atoms with Crippen LogP contribution in [-0.4, -0.2) is 22.5 Å². The summed E-state index contributed by atoms with van der Waals surface area (Å²) < 4.78 is 51.0. The summed E-state index contributed by atoms with van der Waals surface area (Å²) in [5.41, 5.74) is 0.910. The molecule has 1 aliphatic heterocycles. The molecule has 1 aromatic heterocycles. The highest BCUT2D eigenvalue weighted by Gasteiger charge is 2.30. The summed E-state index contributed by atoms with van der Waals surface area (Å²) in [5, 5.41) is 6.95. The van der Waals surface area contributed by atoms with Crippen molar-refractivity contribution in [3.8, 4) is 17.2 Å². The lowest BCUT2D eigenvalue weighted by Gasteiger charge is -2.12. The van der Waals surface area contributed by atoms with Gasteiger partial charge in [-0.15, -0.1) is 0 Å². The molecule has 0 aliphatic carbocycles. The van der Waals surface area contributed by atoms with Crippen LogP contribution in [0.25, 0.3) is 5.69 Å². The number of ether oxygens (including phenoxy) is 2. The fourth-order valence-electron chi connectivity index (χ4n) is 3.16. The number of alkyl halides is 3. The van der Waals surface area contributed by atoms with Crippen LogP contribution in [0.15, 0.2) is 48.5 Å². The summed E-state index contributed by atoms with van der Waals surface area (Å²) in [6, 6.07) is 11.9. The second-order valence-electron chi connectivity index (χ2n) is 6.87. The number of halogens is 3. The van der Waals surface area contributed by atoms with E-state index in [1.807, 2.05) is 12.1 Å². The monoisotopic (exact) mass is 417 g/mol. The molecule has 156 valence electrons. The molecule has 1 aliphatic rings. The van der Waals surface area contributed by atoms with Gasteiger partial charge in [0.1, 0.15) is 5.82 Å². The normalized spacial score (nSPS) is 12.8. The molecule has 2 aromatic carbocycles. The zero-order valence-electron chi connectivity index (χ0n) is 16.0. The van der Waals surface area contributed by atoms with Crippen LogP contribution in [0.4, 0.5) is 19.0 Å². The molecule has 1 N–H and O–H groups in total. The molecule has 2 heterocycles. The first-order chi connectivity index (χ1) is 14.3. The van der Waals surface area contributed by atoms with E-state index in [1.165, 1.54) is 16.8 Å². The molecule has 30 heavy (non-hydrogen) atoms. The smallest absolute Gasteiger partial charge is 0.416 e. The van der Waals surface area contributed by atoms with Crippen molar-refractivity contribution in [3.63, 3.8) is 0 Å². The van der Waals surface area contributed by atoms with Gasteiger partial charge in [0.05, 0.1) is 16.9 Å². The van der Waals surface area contributed by atoms with Crippen molar-refractivity contribution in [2.24, 2.45) is 0 Å². The minimum Gasteiger partial charge on any atom is -0.454 e. The number of rotatable bonds is 5. The lowest BCUT2D eigenvalue weighted by molar-refractivity contribution is -0.137. The number of hydrogen-bond acceptors (Lipinski definition) is 4. The summed E-state index contributed by atoms with van der Waals surface area (Å²) in [4.78, 5) is 12.5. The molecule has 9 heteroatoms. The zero-order chi connectivity index (χ0) is 21.3. The molecule has 3 aromatic rings. The highest BCUT2D eigenvalue weighted by Crippen LogP contribution is 2.33. The first-order valence-corrected chi connectivity index (χ1v) is 9.22. The number of hydrogen-bond donors (Lipinski definition) is 1. The second kappa shape index (κ2) is 7.74. The summed E-state index contributed by atoms with van der Waals surface area (Å²) in [6.45, 7) is 1.88. The molecule has 0 spiro atoms. The van der Waals surface area contributed by atoms with Crippen LogP contribution in [0, 0.1) is 6.92 Å². The lowest BCUT2D eigenvalue weighted by atomic mass is 10.1. The van der Waals surface area contributed by atoms with Gasteiger partial charge in [0.25, 0.3) is 0 Å². The molecule has 4 rings (SSSR count). The molecule has 1 amide bonds. The van der Waals surface area contributed by atoms with E-state index in [0.717, 1.165) is 17.7 Å². The van der Waals surface area contributed by atoms with Gasteiger partial charge in [-0.25, -0.2) is 4.68 Å². The Morgan fingerprint density at radius 2 is 1.93 bits per heavy atom. The van der Waals surface area contributed by atoms with E-state index in [4.69, 9.17) is 9.47 Å². The first kappa shape index (κ1) is 19.8. The Balaban J connectivity index is 1.47. The van der Waals surface area contributed by atoms with Gasteiger partial charge in [0, 0.05) is 12.5 Å². The Hall–Kier alpha value is -3.49. The minimum atomic E-state index is -4.47. The zero-order valence-corrected chi connectivity index (χ0v) is 16.0. The van der Waals surface area contributed by atoms with Crippen LogP contribution in [0.5, 0.6) is 11.5 Å². The van der Waals surface area contributed by atoms with Crippen molar-refractivity contribution >= 4 is 11.7 Å². The van der Waals surface area contributed by atoms with E-state index in [-0.39, 0.29) is 24.8 Å². The maximum absolute atomic E-state index is 13.0. The number of anilines is 1. The first-order valence-electron chi connectivity index (χ1n) is 9.22. The number of carbonyl (C=O) groups excluding carboxylic acids is 1. The average molecular weight is 417 g/mol. The highest BCUT2D eigenvalue weighted by atomic mass is 19.4. The second-order valence-corrected chi connectivity index (χ2v) is 6.87. The quantitative estimate of drug-likeness (QED) is 0.664. The van der Waals surface area contributed by atoms with Crippen LogP contribution >= 0.6 is 0 Å². The topological polar surface area (TPSA) is 65.4 Å². The number of carbonyl (C=O) groups is 1. The lowest BCUT2D eigenvalue weighted by Crippen LogP contribution is -2.16. The van der Waals surface area contributed by atoms with Crippen molar-refractivity contribution in [1.29, 1.82) is 0 Å². The number of amides is 1. The molecule has 6 nitrogen and oxygen atoms in total. The summed E-state index contributed by atoms with van der Waals surface area (Å²) in [6.07, 6.45) is -3.81. The summed E-state index contributed by atoms with van der Waals surface area (Å²) in [7, 11) is 0. The van der Waals surface area contributed by atoms with Crippen molar-refractivity contribution in [1.82, 2.24) is 9.78 Å². The van der Waals surface area contributed by atoms with Gasteiger partial charge in [-0.1, -0.05) is 12.1 Å². The van der Waals surface area contributed by atoms with E-state index in [9.17, 15) is 18.0 Å². The molecule has 0 unspecified atom stereocenters. The minimum absolute atomic E-state index is 0.179. The third kappa shape index (κ3) is 4.24. The Labute approximate surface area is 170 Å². The van der Waals surface area contributed by atoms with E-state index in [1.54, 1.807) is 19.1 Å². The van der Waals surface area contributed by atoms with E-state index < -0.39 is 11.7 Å². The fourth-order valence-corrected chi connectivity index (χ4v) is 3.16. The summed E-state index contributed by atoms with van der Waals surface area (Å²) >= 11 is 0. The van der Waals surface area contributed by atoms with Gasteiger partial charge in [0.2, 0.25) is 12.7 Å². The molecule has 0 saturated heterocycles. The van der Waals surface area contributed by atoms with E-state index in [2.05, 4.69) is 10.4 Å². The van der Waals surface area contributed by atoms with Gasteiger partial charge in [-0.05, 0) is 49.2 Å². The molecular formula is C21H18F3N3O3. The van der Waals surface area contributed by atoms with Crippen LogP contribution in [0.1, 0.15) is 23.2 Å². The predicted molar refractivity (Wildman–Crippen MR) is 103 cm³/mol. The van der Waals surface area contributed by atoms with Gasteiger partial charge >= 0.3 is 6.18 Å². The van der Waals surface area contributed by atoms with E-state index in [0.29, 0.717) is 29.4 Å².